The minimum Gasteiger partial charge on any atom is -0.325 e. The number of nitrogens with zero attached hydrogens (tertiary/aromatic N) is 1. The molecule has 0 spiro atoms. The van der Waals surface area contributed by atoms with Gasteiger partial charge >= 0.3 is 0 Å². The van der Waals surface area contributed by atoms with Crippen LogP contribution in [0, 0.1) is 13.8 Å². The van der Waals surface area contributed by atoms with E-state index in [4.69, 9.17) is 0 Å². The molecule has 1 aromatic rings. The predicted molar refractivity (Wildman–Crippen MR) is 67.3 cm³/mol. The van der Waals surface area contributed by atoms with Gasteiger partial charge in [0.1, 0.15) is 5.54 Å². The maximum Gasteiger partial charge on any atom is 0.235 e. The Bertz CT molecular complexity index is 609. The summed E-state index contributed by atoms with van der Waals surface area (Å²) in [6.45, 7) is 4.05. The van der Waals surface area contributed by atoms with Crippen LogP contribution in [0.25, 0.3) is 0 Å². The average molecular weight is 242 g/mol. The lowest BCUT2D eigenvalue weighted by molar-refractivity contribution is -0.115. The average Bonchev–Trinajstić information content (AvgIpc) is 2.97. The summed E-state index contributed by atoms with van der Waals surface area (Å²) in [7, 11) is 0. The van der Waals surface area contributed by atoms with Gasteiger partial charge in [-0.3, -0.25) is 4.79 Å². The minimum atomic E-state index is -0.431. The highest BCUT2D eigenvalue weighted by atomic mass is 16.1. The second kappa shape index (κ2) is 3.53. The van der Waals surface area contributed by atoms with Crippen LogP contribution in [0.15, 0.2) is 11.1 Å². The molecule has 1 aromatic carbocycles. The normalized spacial score (nSPS) is 18.9. The third-order valence-corrected chi connectivity index (χ3v) is 3.99. The monoisotopic (exact) mass is 242 g/mol. The third-order valence-electron chi connectivity index (χ3n) is 3.99. The van der Waals surface area contributed by atoms with E-state index in [-0.39, 0.29) is 5.91 Å². The highest BCUT2D eigenvalue weighted by Gasteiger charge is 2.48. The van der Waals surface area contributed by atoms with Gasteiger partial charge in [-0.15, -0.1) is 0 Å². The molecule has 2 aliphatic rings. The molecule has 1 amide bonds. The van der Waals surface area contributed by atoms with Gasteiger partial charge in [-0.2, -0.15) is 4.99 Å². The van der Waals surface area contributed by atoms with E-state index < -0.39 is 5.54 Å². The number of amides is 1. The van der Waals surface area contributed by atoms with Crippen LogP contribution >= 0.6 is 0 Å². The predicted octanol–water partition coefficient (Wildman–Crippen LogP) is 2.12. The van der Waals surface area contributed by atoms with Crippen LogP contribution in [0.1, 0.15) is 35.1 Å². The molecule has 0 saturated heterocycles. The Morgan fingerprint density at radius 3 is 2.72 bits per heavy atom. The molecule has 18 heavy (non-hydrogen) atoms. The van der Waals surface area contributed by atoms with Crippen molar-refractivity contribution in [3.8, 4) is 0 Å². The van der Waals surface area contributed by atoms with Gasteiger partial charge in [-0.1, -0.05) is 6.07 Å². The molecule has 1 aliphatic heterocycles. The molecule has 0 aromatic heterocycles. The van der Waals surface area contributed by atoms with Gasteiger partial charge < -0.3 is 5.32 Å². The van der Waals surface area contributed by atoms with Crippen molar-refractivity contribution in [1.82, 2.24) is 0 Å². The summed E-state index contributed by atoms with van der Waals surface area (Å²) in [5, 5.41) is 2.91. The zero-order chi connectivity index (χ0) is 12.9. The number of fused-ring (bicyclic) bond motifs is 1. The molecule has 1 N–H and O–H groups in total. The summed E-state index contributed by atoms with van der Waals surface area (Å²) in [5.41, 5.74) is 4.75. The summed E-state index contributed by atoms with van der Waals surface area (Å²) < 4.78 is 0. The van der Waals surface area contributed by atoms with Crippen molar-refractivity contribution in [2.24, 2.45) is 4.99 Å². The molecule has 0 bridgehead atoms. The van der Waals surface area contributed by atoms with Crippen molar-refractivity contribution in [2.75, 3.05) is 5.32 Å². The SMILES string of the molecule is Cc1cc2c(c(C3(N=C=O)CC3)c1C)NC(=O)C2. The zero-order valence-electron chi connectivity index (χ0n) is 10.5. The summed E-state index contributed by atoms with van der Waals surface area (Å²) in [6.07, 6.45) is 3.81. The largest absolute Gasteiger partial charge is 0.325 e. The highest BCUT2D eigenvalue weighted by Crippen LogP contribution is 2.54. The van der Waals surface area contributed by atoms with Gasteiger partial charge in [-0.25, -0.2) is 4.79 Å². The number of isocyanates is 1. The van der Waals surface area contributed by atoms with Crippen LogP contribution in [-0.2, 0) is 21.5 Å². The lowest BCUT2D eigenvalue weighted by Gasteiger charge is -2.18. The number of hydrogen-bond donors (Lipinski definition) is 1. The van der Waals surface area contributed by atoms with Gasteiger partial charge in [0.15, 0.2) is 0 Å². The van der Waals surface area contributed by atoms with Crippen LogP contribution in [0.5, 0.6) is 0 Å². The van der Waals surface area contributed by atoms with Crippen molar-refractivity contribution in [3.63, 3.8) is 0 Å². The van der Waals surface area contributed by atoms with Crippen LogP contribution in [0.4, 0.5) is 5.69 Å². The topological polar surface area (TPSA) is 58.5 Å². The number of hydrogen-bond acceptors (Lipinski definition) is 3. The van der Waals surface area contributed by atoms with Crippen LogP contribution in [0.2, 0.25) is 0 Å². The van der Waals surface area contributed by atoms with Gasteiger partial charge in [0.05, 0.1) is 12.1 Å². The Morgan fingerprint density at radius 1 is 1.39 bits per heavy atom. The fraction of sp³-hybridized carbons (Fsp3) is 0.429. The molecule has 1 aliphatic carbocycles. The van der Waals surface area contributed by atoms with E-state index in [0.717, 1.165) is 40.8 Å². The van der Waals surface area contributed by atoms with Gasteiger partial charge in [0, 0.05) is 5.56 Å². The second-order valence-electron chi connectivity index (χ2n) is 5.19. The van der Waals surface area contributed by atoms with Crippen molar-refractivity contribution < 1.29 is 9.59 Å². The third kappa shape index (κ3) is 1.42. The molecular formula is C14H14N2O2. The molecule has 1 heterocycles. The number of carbonyl (C=O) groups is 1. The van der Waals surface area contributed by atoms with E-state index >= 15 is 0 Å². The lowest BCUT2D eigenvalue weighted by Crippen LogP contribution is -2.11. The number of aryl methyl sites for hydroxylation is 1. The fourth-order valence-electron chi connectivity index (χ4n) is 2.83. The summed E-state index contributed by atoms with van der Waals surface area (Å²) in [6, 6.07) is 2.05. The first-order chi connectivity index (χ1) is 8.57. The zero-order valence-corrected chi connectivity index (χ0v) is 10.5. The standard InChI is InChI=1S/C14H14N2O2/c1-8-5-10-6-11(18)16-13(10)12(9(8)2)14(3-4-14)15-7-17/h5H,3-4,6H2,1-2H3,(H,16,18). The van der Waals surface area contributed by atoms with Crippen molar-refractivity contribution >= 4 is 17.7 Å². The van der Waals surface area contributed by atoms with E-state index in [1.54, 1.807) is 6.08 Å². The van der Waals surface area contributed by atoms with E-state index in [2.05, 4.69) is 10.3 Å². The van der Waals surface area contributed by atoms with Gasteiger partial charge in [0.25, 0.3) is 0 Å². The first-order valence-corrected chi connectivity index (χ1v) is 6.10. The molecule has 4 nitrogen and oxygen atoms in total. The minimum absolute atomic E-state index is 0.0159. The van der Waals surface area contributed by atoms with E-state index in [1.165, 1.54) is 0 Å². The molecule has 3 rings (SSSR count). The number of anilines is 1. The lowest BCUT2D eigenvalue weighted by atomic mass is 9.91. The van der Waals surface area contributed by atoms with Crippen molar-refractivity contribution in [1.29, 1.82) is 0 Å². The number of aliphatic imine (C=N–C) groups is 1. The Labute approximate surface area is 105 Å². The van der Waals surface area contributed by atoms with Crippen LogP contribution in [0.3, 0.4) is 0 Å². The number of rotatable bonds is 2. The fourth-order valence-corrected chi connectivity index (χ4v) is 2.83. The first-order valence-electron chi connectivity index (χ1n) is 6.10. The summed E-state index contributed by atoms with van der Waals surface area (Å²) in [5.74, 6) is 0.0159. The molecule has 92 valence electrons. The van der Waals surface area contributed by atoms with Crippen molar-refractivity contribution in [3.05, 3.63) is 28.3 Å². The van der Waals surface area contributed by atoms with Crippen molar-refractivity contribution in [2.45, 2.75) is 38.6 Å². The Hall–Kier alpha value is -1.93. The Kier molecular flexibility index (Phi) is 2.19. The number of benzene rings is 1. The first kappa shape index (κ1) is 11.2. The highest BCUT2D eigenvalue weighted by molar-refractivity contribution is 6.01. The molecule has 0 unspecified atom stereocenters. The molecular weight excluding hydrogens is 228 g/mol. The Morgan fingerprint density at radius 2 is 2.11 bits per heavy atom. The van der Waals surface area contributed by atoms with Crippen LogP contribution in [-0.4, -0.2) is 12.0 Å². The molecule has 0 radical (unpaired) electrons. The van der Waals surface area contributed by atoms with Gasteiger partial charge in [0.2, 0.25) is 12.0 Å². The molecule has 1 saturated carbocycles. The Balaban J connectivity index is 2.26. The molecule has 4 heteroatoms. The van der Waals surface area contributed by atoms with E-state index in [0.29, 0.717) is 6.42 Å². The summed E-state index contributed by atoms with van der Waals surface area (Å²) >= 11 is 0. The van der Waals surface area contributed by atoms with Crippen LogP contribution < -0.4 is 5.32 Å². The smallest absolute Gasteiger partial charge is 0.235 e. The molecule has 0 atom stereocenters. The van der Waals surface area contributed by atoms with E-state index in [1.807, 2.05) is 19.9 Å². The quantitative estimate of drug-likeness (QED) is 0.638. The van der Waals surface area contributed by atoms with Gasteiger partial charge in [-0.05, 0) is 43.4 Å². The maximum atomic E-state index is 11.6. The molecule has 1 fully saturated rings. The second-order valence-corrected chi connectivity index (χ2v) is 5.19. The summed E-state index contributed by atoms with van der Waals surface area (Å²) in [4.78, 5) is 26.2. The maximum absolute atomic E-state index is 11.6. The number of nitrogens with one attached hydrogen (secondary N) is 1. The number of carbonyl (C=O) groups excluding carboxylic acids is 2. The van der Waals surface area contributed by atoms with E-state index in [9.17, 15) is 9.59 Å².